The van der Waals surface area contributed by atoms with Crippen LogP contribution in [-0.4, -0.2) is 77.6 Å². The maximum absolute atomic E-state index is 14.3. The number of esters is 1. The minimum Gasteiger partial charge on any atom is -0.507 e. The molecular formula is C41H48N4O10. The predicted octanol–water partition coefficient (Wildman–Crippen LogP) is 6.30. The average Bonchev–Trinajstić information content (AvgIpc) is 3.63. The van der Waals surface area contributed by atoms with Crippen LogP contribution < -0.4 is 19.5 Å². The fraction of sp³-hybridized carbons (Fsp3) is 0.390. The van der Waals surface area contributed by atoms with Crippen molar-refractivity contribution in [3.63, 3.8) is 0 Å². The molecule has 1 amide bonds. The van der Waals surface area contributed by atoms with E-state index in [1.165, 1.54) is 34.5 Å². The van der Waals surface area contributed by atoms with Crippen LogP contribution in [0.15, 0.2) is 54.6 Å². The van der Waals surface area contributed by atoms with Crippen molar-refractivity contribution >= 4 is 23.7 Å². The number of aromatic nitrogens is 3. The van der Waals surface area contributed by atoms with Crippen molar-refractivity contribution in [3.8, 4) is 28.7 Å². The van der Waals surface area contributed by atoms with Crippen molar-refractivity contribution in [3.05, 3.63) is 94.1 Å². The number of hydrogen-bond donors (Lipinski definition) is 4. The predicted molar refractivity (Wildman–Crippen MR) is 202 cm³/mol. The molecule has 0 radical (unpaired) electrons. The normalized spacial score (nSPS) is 16.3. The summed E-state index contributed by atoms with van der Waals surface area (Å²) in [7, 11) is 5.88. The molecule has 1 aliphatic rings. The molecule has 2 heterocycles. The largest absolute Gasteiger partial charge is 0.507 e. The van der Waals surface area contributed by atoms with Gasteiger partial charge in [0.25, 0.3) is 0 Å². The Morgan fingerprint density at radius 3 is 2.36 bits per heavy atom. The number of Topliss-reactive ketones (excluding diaryl/α,β-unsaturated/α-hetero) is 1. The number of hydrogen-bond acceptors (Lipinski definition) is 12. The highest BCUT2D eigenvalue weighted by Crippen LogP contribution is 2.48. The van der Waals surface area contributed by atoms with E-state index in [9.17, 15) is 24.6 Å². The number of rotatable bonds is 12. The van der Waals surface area contributed by atoms with E-state index in [4.69, 9.17) is 23.7 Å². The van der Waals surface area contributed by atoms with Crippen LogP contribution in [0, 0.1) is 0 Å². The van der Waals surface area contributed by atoms with Crippen molar-refractivity contribution in [2.24, 2.45) is 0 Å². The van der Waals surface area contributed by atoms with Crippen molar-refractivity contribution in [1.29, 1.82) is 0 Å². The summed E-state index contributed by atoms with van der Waals surface area (Å²) in [6.07, 6.45) is 5.45. The number of nitrogens with zero attached hydrogens (tertiary/aromatic N) is 2. The van der Waals surface area contributed by atoms with Gasteiger partial charge in [0.15, 0.2) is 23.1 Å². The molecule has 292 valence electrons. The molecule has 0 spiro atoms. The zero-order chi connectivity index (χ0) is 39.5. The van der Waals surface area contributed by atoms with Gasteiger partial charge in [-0.1, -0.05) is 42.5 Å². The Morgan fingerprint density at radius 2 is 1.69 bits per heavy atom. The number of benzene rings is 3. The Bertz CT molecular complexity index is 1970. The summed E-state index contributed by atoms with van der Waals surface area (Å²) in [6.45, 7) is 1.90. The number of allylic oxidation sites excluding steroid dienone is 1. The monoisotopic (exact) mass is 756 g/mol. The number of phenols is 2. The van der Waals surface area contributed by atoms with Gasteiger partial charge in [-0.05, 0) is 67.5 Å². The van der Waals surface area contributed by atoms with Crippen LogP contribution in [0.5, 0.6) is 28.7 Å². The number of aromatic hydroxyl groups is 2. The molecule has 3 atom stereocenters. The molecule has 14 heteroatoms. The minimum atomic E-state index is -1.08. The summed E-state index contributed by atoms with van der Waals surface area (Å²) >= 11 is 0. The Kier molecular flexibility index (Phi) is 13.9. The van der Waals surface area contributed by atoms with Crippen LogP contribution in [0.4, 0.5) is 0 Å². The second-order valence-electron chi connectivity index (χ2n) is 13.3. The van der Waals surface area contributed by atoms with Gasteiger partial charge in [-0.3, -0.25) is 14.7 Å². The van der Waals surface area contributed by atoms with Crippen molar-refractivity contribution < 1.29 is 48.3 Å². The molecule has 0 bridgehead atoms. The number of cyclic esters (lactones) is 1. The van der Waals surface area contributed by atoms with Gasteiger partial charge in [0.2, 0.25) is 11.7 Å². The first-order valence-corrected chi connectivity index (χ1v) is 18.1. The molecule has 3 aromatic carbocycles. The van der Waals surface area contributed by atoms with Gasteiger partial charge in [-0.15, -0.1) is 0 Å². The van der Waals surface area contributed by atoms with Crippen molar-refractivity contribution in [2.75, 3.05) is 28.4 Å². The van der Waals surface area contributed by atoms with E-state index in [1.807, 2.05) is 30.3 Å². The molecule has 3 unspecified atom stereocenters. The van der Waals surface area contributed by atoms with Gasteiger partial charge in [-0.25, -0.2) is 9.78 Å². The third-order valence-electron chi connectivity index (χ3n) is 9.41. The third kappa shape index (κ3) is 9.81. The number of aromatic amines is 1. The van der Waals surface area contributed by atoms with Gasteiger partial charge < -0.3 is 39.2 Å². The molecule has 0 fully saturated rings. The maximum Gasteiger partial charge on any atom is 0.342 e. The quantitative estimate of drug-likeness (QED) is 0.118. The first kappa shape index (κ1) is 40.3. The molecular weight excluding hydrogens is 708 g/mol. The number of ketones is 1. The summed E-state index contributed by atoms with van der Waals surface area (Å²) in [5.41, 5.74) is 1.05. The maximum atomic E-state index is 14.3. The zero-order valence-electron chi connectivity index (χ0n) is 31.7. The van der Waals surface area contributed by atoms with E-state index >= 15 is 0 Å². The van der Waals surface area contributed by atoms with Crippen LogP contribution in [0.1, 0.15) is 108 Å². The molecule has 5 rings (SSSR count). The molecule has 0 saturated heterocycles. The highest BCUT2D eigenvalue weighted by Gasteiger charge is 2.33. The Hall–Kier alpha value is -5.89. The zero-order valence-corrected chi connectivity index (χ0v) is 31.7. The summed E-state index contributed by atoms with van der Waals surface area (Å²) in [4.78, 5) is 45.0. The van der Waals surface area contributed by atoms with E-state index < -0.39 is 35.7 Å². The van der Waals surface area contributed by atoms with E-state index in [0.717, 1.165) is 0 Å². The lowest BCUT2D eigenvalue weighted by molar-refractivity contribution is -0.122. The molecule has 0 saturated carbocycles. The lowest BCUT2D eigenvalue weighted by Crippen LogP contribution is -2.31. The molecule has 4 aromatic rings. The average molecular weight is 757 g/mol. The van der Waals surface area contributed by atoms with Crippen LogP contribution in [0.25, 0.3) is 6.08 Å². The fourth-order valence-electron chi connectivity index (χ4n) is 6.70. The van der Waals surface area contributed by atoms with E-state index in [1.54, 1.807) is 31.2 Å². The molecule has 4 N–H and O–H groups in total. The number of methoxy groups -OCH3 is 4. The topological polar surface area (TPSA) is 191 Å². The number of nitrogens with one attached hydrogen (secondary N) is 2. The summed E-state index contributed by atoms with van der Waals surface area (Å²) in [6, 6.07) is 13.0. The van der Waals surface area contributed by atoms with E-state index in [0.29, 0.717) is 67.1 Å². The second kappa shape index (κ2) is 18.9. The number of carbonyl (C=O) groups is 3. The minimum absolute atomic E-state index is 0.0931. The Labute approximate surface area is 319 Å². The van der Waals surface area contributed by atoms with Crippen LogP contribution in [-0.2, 0) is 25.7 Å². The summed E-state index contributed by atoms with van der Waals surface area (Å²) in [5, 5.41) is 34.0. The lowest BCUT2D eigenvalue weighted by atomic mass is 9.84. The third-order valence-corrected chi connectivity index (χ3v) is 9.41. The molecule has 1 aromatic heterocycles. The highest BCUT2D eigenvalue weighted by molar-refractivity contribution is 5.98. The summed E-state index contributed by atoms with van der Waals surface area (Å²) < 4.78 is 27.8. The number of carbonyl (C=O) groups excluding carboxylic acids is 3. The first-order chi connectivity index (χ1) is 26.6. The number of fused-ring (bicyclic) bond motifs is 1. The Balaban J connectivity index is 1.64. The van der Waals surface area contributed by atoms with Crippen LogP contribution >= 0.6 is 0 Å². The molecule has 0 aliphatic carbocycles. The van der Waals surface area contributed by atoms with Gasteiger partial charge in [0, 0.05) is 37.9 Å². The van der Waals surface area contributed by atoms with Gasteiger partial charge in [0.1, 0.15) is 35.5 Å². The Morgan fingerprint density at radius 1 is 0.982 bits per heavy atom. The van der Waals surface area contributed by atoms with Gasteiger partial charge >= 0.3 is 5.97 Å². The molecule has 55 heavy (non-hydrogen) atoms. The van der Waals surface area contributed by atoms with Crippen LogP contribution in [0.2, 0.25) is 0 Å². The van der Waals surface area contributed by atoms with E-state index in [2.05, 4.69) is 20.5 Å². The second-order valence-corrected chi connectivity index (χ2v) is 13.3. The van der Waals surface area contributed by atoms with E-state index in [-0.39, 0.29) is 52.7 Å². The SMILES string of the molecule is COCc1nc(C(NC(=O)CC(c2cc(OC)c(OC)c(OC)c2)c2c(O)cc3c(c2O)C(=O)OC(C)CCCC(=O)CCCC=C3)c2ccccc2)n[nH]1. The number of phenolic OH excluding ortho intramolecular Hbond substituents is 2. The summed E-state index contributed by atoms with van der Waals surface area (Å²) in [5.74, 6) is -1.60. The number of amides is 1. The van der Waals surface area contributed by atoms with Gasteiger partial charge in [0.05, 0.1) is 27.4 Å². The number of H-pyrrole nitrogens is 1. The molecule has 1 aliphatic heterocycles. The van der Waals surface area contributed by atoms with Crippen LogP contribution in [0.3, 0.4) is 0 Å². The first-order valence-electron chi connectivity index (χ1n) is 18.1. The smallest absolute Gasteiger partial charge is 0.342 e. The van der Waals surface area contributed by atoms with Crippen molar-refractivity contribution in [1.82, 2.24) is 20.5 Å². The molecule has 14 nitrogen and oxygen atoms in total. The number of ether oxygens (including phenoxy) is 5. The van der Waals surface area contributed by atoms with Gasteiger partial charge in [-0.2, -0.15) is 5.10 Å². The van der Waals surface area contributed by atoms with Crippen molar-refractivity contribution in [2.45, 2.75) is 76.5 Å². The fourth-order valence-corrected chi connectivity index (χ4v) is 6.70. The lowest BCUT2D eigenvalue weighted by Gasteiger charge is -2.25. The highest BCUT2D eigenvalue weighted by atomic mass is 16.5. The standard InChI is InChI=1S/C41H48N4O10/c1-24-13-12-18-28(46)17-11-7-10-16-26-19-30(47)36(38(49)35(26)41(50)55-24)29(27-20-31(52-3)39(54-5)32(21-27)53-4)22-34(48)43-37(25-14-8-6-9-15-25)40-42-33(23-51-2)44-45-40/h6,8-10,14-16,19-21,24,29,37,47,49H,7,11-13,17-18,22-23H2,1-5H3,(H,43,48)(H,42,44,45).